The van der Waals surface area contributed by atoms with Crippen LogP contribution in [-0.2, 0) is 10.3 Å². The summed E-state index contributed by atoms with van der Waals surface area (Å²) in [4.78, 5) is 0. The maximum Gasteiger partial charge on any atom is 1.00 e. The molecule has 0 aromatic carbocycles. The summed E-state index contributed by atoms with van der Waals surface area (Å²) in [5.41, 5.74) is 0. The van der Waals surface area contributed by atoms with Crippen molar-refractivity contribution in [2.45, 2.75) is 32.1 Å². The van der Waals surface area contributed by atoms with Crippen molar-refractivity contribution in [1.82, 2.24) is 0 Å². The summed E-state index contributed by atoms with van der Waals surface area (Å²) in [6.45, 7) is 0. The molecule has 0 aromatic heterocycles. The Morgan fingerprint density at radius 1 is 1.17 bits per heavy atom. The molecule has 1 aliphatic carbocycles. The van der Waals surface area contributed by atoms with E-state index in [1.807, 2.05) is 0 Å². The Hall–Kier alpha value is 0.870. The van der Waals surface area contributed by atoms with Gasteiger partial charge in [0.2, 0.25) is 0 Å². The molecule has 0 amide bonds. The van der Waals surface area contributed by atoms with Crippen LogP contribution >= 0.6 is 0 Å². The van der Waals surface area contributed by atoms with Crippen LogP contribution in [0.2, 0.25) is 0 Å². The van der Waals surface area contributed by atoms with Crippen molar-refractivity contribution < 1.29 is 42.5 Å². The molecule has 0 spiro atoms. The Morgan fingerprint density at radius 2 is 1.50 bits per heavy atom. The summed E-state index contributed by atoms with van der Waals surface area (Å²) in [7, 11) is -4.17. The topological polar surface area (TPSA) is 80.4 Å². The van der Waals surface area contributed by atoms with E-state index in [4.69, 9.17) is 13.0 Å². The molecule has 0 bridgehead atoms. The van der Waals surface area contributed by atoms with Gasteiger partial charge in [-0.3, -0.25) is 4.55 Å². The molecule has 1 aliphatic rings. The van der Waals surface area contributed by atoms with Crippen LogP contribution in [0.15, 0.2) is 0 Å². The van der Waals surface area contributed by atoms with Crippen molar-refractivity contribution in [3.63, 3.8) is 0 Å². The zero-order valence-corrected chi connectivity index (χ0v) is 10.2. The largest absolute Gasteiger partial charge is 1.00 e. The van der Waals surface area contributed by atoms with Gasteiger partial charge in [0.1, 0.15) is 0 Å². The van der Waals surface area contributed by atoms with E-state index < -0.39 is 10.3 Å². The number of hydrogen-bond acceptors (Lipinski definition) is 2. The predicted octanol–water partition coefficient (Wildman–Crippen LogP) is -2.09. The van der Waals surface area contributed by atoms with E-state index >= 15 is 0 Å². The van der Waals surface area contributed by atoms with Crippen LogP contribution in [0.1, 0.15) is 32.1 Å². The van der Waals surface area contributed by atoms with Crippen LogP contribution in [0.4, 0.5) is 0 Å². The van der Waals surface area contributed by atoms with Gasteiger partial charge in [-0.05, 0) is 0 Å². The third kappa shape index (κ3) is 22.4. The summed E-state index contributed by atoms with van der Waals surface area (Å²) in [6.07, 6.45) is 9.50. The van der Waals surface area contributed by atoms with Crippen molar-refractivity contribution >= 4 is 10.3 Å². The average Bonchev–Trinajstić information content (AvgIpc) is 1.88. The first-order valence-corrected chi connectivity index (χ1v) is 5.07. The van der Waals surface area contributed by atoms with E-state index in [0.29, 0.717) is 0 Å². The van der Waals surface area contributed by atoms with Crippen molar-refractivity contribution in [2.75, 3.05) is 0 Å². The predicted molar refractivity (Wildman–Crippen MR) is 43.1 cm³/mol. The third-order valence-electron chi connectivity index (χ3n) is 1.32. The summed E-state index contributed by atoms with van der Waals surface area (Å²) < 4.78 is 25.2. The molecular formula is C6H14NNaO3S. The smallest absolute Gasteiger partial charge is 0.328 e. The van der Waals surface area contributed by atoms with Crippen LogP contribution in [0, 0.1) is 6.42 Å². The second-order valence-electron chi connectivity index (χ2n) is 2.44. The zero-order valence-electron chi connectivity index (χ0n) is 7.36. The summed E-state index contributed by atoms with van der Waals surface area (Å²) >= 11 is 0. The molecule has 0 radical (unpaired) electrons. The molecule has 6 heteroatoms. The minimum absolute atomic E-state index is 0. The van der Waals surface area contributed by atoms with Gasteiger partial charge in [-0.2, -0.15) is 21.3 Å². The van der Waals surface area contributed by atoms with Gasteiger partial charge in [-0.1, -0.05) is 19.3 Å². The number of hydrogen-bond donors (Lipinski definition) is 2. The molecule has 0 heterocycles. The normalized spacial score (nSPS) is 16.8. The van der Waals surface area contributed by atoms with Crippen LogP contribution in [-0.4, -0.2) is 13.0 Å². The van der Waals surface area contributed by atoms with Crippen LogP contribution in [0.5, 0.6) is 0 Å². The quantitative estimate of drug-likeness (QED) is 0.269. The van der Waals surface area contributed by atoms with E-state index in [0.717, 1.165) is 0 Å². The second kappa shape index (κ2) is 8.47. The Balaban J connectivity index is 0. The molecule has 0 aromatic rings. The molecule has 0 saturated heterocycles. The van der Waals surface area contributed by atoms with Crippen molar-refractivity contribution in [1.29, 1.82) is 0 Å². The molecule has 3 N–H and O–H groups in total. The SMILES string of the molecule is NS(=O)(=O)O.[CH-]1CCCCC1.[Na+]. The maximum absolute atomic E-state index is 8.97. The summed E-state index contributed by atoms with van der Waals surface area (Å²) in [5.74, 6) is 0. The number of rotatable bonds is 0. The molecule has 0 atom stereocenters. The van der Waals surface area contributed by atoms with Crippen LogP contribution in [0.25, 0.3) is 0 Å². The van der Waals surface area contributed by atoms with Crippen molar-refractivity contribution in [3.8, 4) is 0 Å². The number of nitrogens with two attached hydrogens (primary N) is 1. The van der Waals surface area contributed by atoms with Gasteiger partial charge in [-0.25, -0.2) is 5.14 Å². The monoisotopic (exact) mass is 203 g/mol. The first-order valence-electron chi connectivity index (χ1n) is 3.57. The minimum Gasteiger partial charge on any atom is -0.328 e. The second-order valence-corrected chi connectivity index (χ2v) is 3.47. The Bertz CT molecular complexity index is 158. The average molecular weight is 203 g/mol. The van der Waals surface area contributed by atoms with Crippen molar-refractivity contribution in [3.05, 3.63) is 6.42 Å². The van der Waals surface area contributed by atoms with E-state index in [9.17, 15) is 0 Å². The van der Waals surface area contributed by atoms with E-state index in [-0.39, 0.29) is 29.6 Å². The van der Waals surface area contributed by atoms with Crippen LogP contribution < -0.4 is 34.7 Å². The van der Waals surface area contributed by atoms with Gasteiger partial charge in [0.05, 0.1) is 0 Å². The Kier molecular flexibility index (Phi) is 10.8. The molecule has 4 nitrogen and oxygen atoms in total. The molecular weight excluding hydrogens is 189 g/mol. The minimum atomic E-state index is -4.17. The summed E-state index contributed by atoms with van der Waals surface area (Å²) in [5, 5.41) is 3.88. The molecule has 68 valence electrons. The molecule has 0 aliphatic heterocycles. The first-order chi connectivity index (χ1) is 5.00. The van der Waals surface area contributed by atoms with Gasteiger partial charge < -0.3 is 6.42 Å². The maximum atomic E-state index is 8.97. The van der Waals surface area contributed by atoms with Gasteiger partial charge in [0.15, 0.2) is 0 Å². The first kappa shape index (κ1) is 15.3. The van der Waals surface area contributed by atoms with E-state index in [1.165, 1.54) is 32.1 Å². The summed E-state index contributed by atoms with van der Waals surface area (Å²) in [6, 6.07) is 0. The Morgan fingerprint density at radius 3 is 1.58 bits per heavy atom. The van der Waals surface area contributed by atoms with E-state index in [2.05, 4.69) is 11.6 Å². The third-order valence-corrected chi connectivity index (χ3v) is 1.32. The zero-order chi connectivity index (χ0) is 8.74. The van der Waals surface area contributed by atoms with Crippen LogP contribution in [0.3, 0.4) is 0 Å². The van der Waals surface area contributed by atoms with Gasteiger partial charge in [-0.15, -0.1) is 0 Å². The Labute approximate surface area is 96.1 Å². The van der Waals surface area contributed by atoms with Gasteiger partial charge >= 0.3 is 39.9 Å². The van der Waals surface area contributed by atoms with Gasteiger partial charge in [0.25, 0.3) is 0 Å². The fraction of sp³-hybridized carbons (Fsp3) is 0.833. The molecule has 12 heavy (non-hydrogen) atoms. The van der Waals surface area contributed by atoms with E-state index in [1.54, 1.807) is 0 Å². The fourth-order valence-electron chi connectivity index (χ4n) is 0.898. The standard InChI is InChI=1S/C6H11.H3NO3S.Na/c1-2-4-6-5-3-1;1-5(2,3)4;/h1H,2-6H2;(H3,1,2,3,4);/q-1;;+1. The molecule has 0 unspecified atom stereocenters. The fourth-order valence-corrected chi connectivity index (χ4v) is 0.898. The molecule has 1 saturated carbocycles. The molecule has 1 rings (SSSR count). The van der Waals surface area contributed by atoms with Gasteiger partial charge in [0, 0.05) is 0 Å². The molecule has 1 fully saturated rings. The van der Waals surface area contributed by atoms with Crippen molar-refractivity contribution in [2.24, 2.45) is 5.14 Å².